The number of para-hydroxylation sites is 1. The summed E-state index contributed by atoms with van der Waals surface area (Å²) in [5.74, 6) is 1.63. The van der Waals surface area contributed by atoms with Crippen molar-refractivity contribution in [1.82, 2.24) is 19.2 Å². The third kappa shape index (κ3) is 4.57. The number of anilines is 1. The van der Waals surface area contributed by atoms with Crippen molar-refractivity contribution in [2.45, 2.75) is 24.4 Å². The Balaban J connectivity index is 1.51. The molecule has 1 N–H and O–H groups in total. The van der Waals surface area contributed by atoms with Gasteiger partial charge >= 0.3 is 6.03 Å². The second-order valence-electron chi connectivity index (χ2n) is 9.40. The predicted molar refractivity (Wildman–Crippen MR) is 155 cm³/mol. The molecule has 0 spiro atoms. The van der Waals surface area contributed by atoms with Crippen LogP contribution in [-0.2, 0) is 6.54 Å². The van der Waals surface area contributed by atoms with E-state index in [2.05, 4.69) is 52.7 Å². The van der Waals surface area contributed by atoms with Gasteiger partial charge in [0.2, 0.25) is 0 Å². The smallest absolute Gasteiger partial charge is 0.322 e. The predicted octanol–water partition coefficient (Wildman–Crippen LogP) is 6.84. The second kappa shape index (κ2) is 10.4. The quantitative estimate of drug-likeness (QED) is 0.250. The van der Waals surface area contributed by atoms with Gasteiger partial charge < -0.3 is 19.5 Å². The summed E-state index contributed by atoms with van der Waals surface area (Å²) in [5, 5.41) is 8.04. The van der Waals surface area contributed by atoms with Crippen LogP contribution >= 0.6 is 11.8 Å². The number of fused-ring (bicyclic) bond motifs is 3. The Hall–Kier alpha value is -4.43. The summed E-state index contributed by atoms with van der Waals surface area (Å²) in [4.78, 5) is 17.2. The van der Waals surface area contributed by atoms with Gasteiger partial charge in [0, 0.05) is 28.4 Å². The Morgan fingerprint density at radius 1 is 1.00 bits per heavy atom. The monoisotopic (exact) mass is 535 g/mol. The summed E-state index contributed by atoms with van der Waals surface area (Å²) in [6, 6.07) is 29.6. The van der Waals surface area contributed by atoms with Crippen molar-refractivity contribution < 1.29 is 9.53 Å². The third-order valence-electron chi connectivity index (χ3n) is 7.10. The number of hydrogen-bond acceptors (Lipinski definition) is 4. The van der Waals surface area contributed by atoms with Crippen molar-refractivity contribution in [1.29, 1.82) is 0 Å². The minimum Gasteiger partial charge on any atom is -0.497 e. The lowest BCUT2D eigenvalue weighted by Gasteiger charge is -2.31. The number of carbonyl (C=O) groups excluding carboxylic acids is 1. The van der Waals surface area contributed by atoms with Crippen molar-refractivity contribution in [3.8, 4) is 17.3 Å². The van der Waals surface area contributed by atoms with Gasteiger partial charge in [-0.2, -0.15) is 5.10 Å². The first-order valence-corrected chi connectivity index (χ1v) is 14.0. The summed E-state index contributed by atoms with van der Waals surface area (Å²) >= 11 is 1.70. The molecule has 2 amide bonds. The van der Waals surface area contributed by atoms with Crippen LogP contribution in [0.15, 0.2) is 102 Å². The highest BCUT2D eigenvalue weighted by atomic mass is 32.2. The zero-order chi connectivity index (χ0) is 26.9. The molecule has 0 radical (unpaired) electrons. The number of carbonyl (C=O) groups is 1. The van der Waals surface area contributed by atoms with Crippen LogP contribution in [0.1, 0.15) is 28.6 Å². The molecule has 196 valence electrons. The average molecular weight is 536 g/mol. The molecule has 2 aromatic heterocycles. The maximum absolute atomic E-state index is 14.1. The molecule has 3 aromatic carbocycles. The van der Waals surface area contributed by atoms with E-state index in [1.165, 1.54) is 4.90 Å². The van der Waals surface area contributed by atoms with Crippen molar-refractivity contribution in [2.75, 3.05) is 18.7 Å². The summed E-state index contributed by atoms with van der Waals surface area (Å²) in [5.41, 5.74) is 5.55. The van der Waals surface area contributed by atoms with Crippen molar-refractivity contribution >= 4 is 23.5 Å². The van der Waals surface area contributed by atoms with Crippen molar-refractivity contribution in [2.24, 2.45) is 0 Å². The molecule has 1 atom stereocenters. The van der Waals surface area contributed by atoms with Crippen LogP contribution in [-0.4, -0.2) is 38.6 Å². The van der Waals surface area contributed by atoms with Gasteiger partial charge in [-0.3, -0.25) is 0 Å². The normalized spacial score (nSPS) is 14.3. The van der Waals surface area contributed by atoms with Crippen LogP contribution in [0.3, 0.4) is 0 Å². The number of rotatable bonds is 5. The average Bonchev–Trinajstić information content (AvgIpc) is 3.54. The molecule has 7 nitrogen and oxygen atoms in total. The fourth-order valence-corrected chi connectivity index (χ4v) is 5.59. The molecule has 3 heterocycles. The minimum absolute atomic E-state index is 0.199. The molecule has 0 aliphatic carbocycles. The van der Waals surface area contributed by atoms with E-state index in [1.807, 2.05) is 77.2 Å². The Kier molecular flexibility index (Phi) is 6.62. The summed E-state index contributed by atoms with van der Waals surface area (Å²) in [6.45, 7) is 2.40. The highest BCUT2D eigenvalue weighted by Gasteiger charge is 2.36. The largest absolute Gasteiger partial charge is 0.497 e. The lowest BCUT2D eigenvalue weighted by atomic mass is 10.0. The fourth-order valence-electron chi connectivity index (χ4n) is 5.18. The Bertz CT molecular complexity index is 1620. The first kappa shape index (κ1) is 24.9. The SMILES string of the molecule is COc1cccc(NC(=O)N2Cc3c(C)nn(-c4ccccc4)c3-n3cccc3[C@H]2c2ccc(SC)cc2)c1. The number of methoxy groups -OCH3 is 1. The van der Waals surface area contributed by atoms with Crippen molar-refractivity contribution in [3.63, 3.8) is 0 Å². The van der Waals surface area contributed by atoms with Crippen LogP contribution in [0.4, 0.5) is 10.5 Å². The van der Waals surface area contributed by atoms with E-state index in [0.29, 0.717) is 18.0 Å². The van der Waals surface area contributed by atoms with Crippen LogP contribution < -0.4 is 10.1 Å². The molecule has 0 fully saturated rings. The van der Waals surface area contributed by atoms with E-state index in [4.69, 9.17) is 9.84 Å². The Labute approximate surface area is 232 Å². The number of ether oxygens (including phenoxy) is 1. The number of aryl methyl sites for hydroxylation is 1. The molecule has 39 heavy (non-hydrogen) atoms. The maximum atomic E-state index is 14.1. The van der Waals surface area contributed by atoms with Gasteiger partial charge in [0.25, 0.3) is 0 Å². The van der Waals surface area contributed by atoms with Gasteiger partial charge in [-0.15, -0.1) is 11.8 Å². The molecule has 1 aliphatic rings. The number of aromatic nitrogens is 3. The van der Waals surface area contributed by atoms with E-state index < -0.39 is 0 Å². The van der Waals surface area contributed by atoms with E-state index in [0.717, 1.165) is 34.0 Å². The Morgan fingerprint density at radius 2 is 1.79 bits per heavy atom. The molecule has 0 saturated heterocycles. The number of benzene rings is 3. The number of nitrogens with one attached hydrogen (secondary N) is 1. The Morgan fingerprint density at radius 3 is 2.54 bits per heavy atom. The lowest BCUT2D eigenvalue weighted by Crippen LogP contribution is -2.38. The van der Waals surface area contributed by atoms with Gasteiger partial charge in [-0.25, -0.2) is 9.48 Å². The molecule has 6 rings (SSSR count). The summed E-state index contributed by atoms with van der Waals surface area (Å²) < 4.78 is 9.53. The first-order valence-electron chi connectivity index (χ1n) is 12.7. The van der Waals surface area contributed by atoms with Crippen molar-refractivity contribution in [3.05, 3.63) is 120 Å². The van der Waals surface area contributed by atoms with Crippen LogP contribution in [0.5, 0.6) is 5.75 Å². The van der Waals surface area contributed by atoms with Gasteiger partial charge in [0.1, 0.15) is 11.6 Å². The summed E-state index contributed by atoms with van der Waals surface area (Å²) in [6.07, 6.45) is 4.12. The fraction of sp³-hybridized carbons (Fsp3) is 0.161. The minimum atomic E-state index is -0.322. The molecule has 0 bridgehead atoms. The van der Waals surface area contributed by atoms with Gasteiger partial charge in [-0.1, -0.05) is 36.4 Å². The molecule has 1 aliphatic heterocycles. The number of nitrogens with zero attached hydrogens (tertiary/aromatic N) is 4. The van der Waals surface area contributed by atoms with E-state index in [9.17, 15) is 4.79 Å². The topological polar surface area (TPSA) is 64.3 Å². The van der Waals surface area contributed by atoms with Gasteiger partial charge in [-0.05, 0) is 67.3 Å². The highest BCUT2D eigenvalue weighted by molar-refractivity contribution is 7.98. The molecule has 5 aromatic rings. The van der Waals surface area contributed by atoms with Crippen LogP contribution in [0.2, 0.25) is 0 Å². The van der Waals surface area contributed by atoms with Gasteiger partial charge in [0.05, 0.1) is 36.8 Å². The van der Waals surface area contributed by atoms with Crippen LogP contribution in [0, 0.1) is 6.92 Å². The van der Waals surface area contributed by atoms with E-state index in [1.54, 1.807) is 18.9 Å². The standard InChI is InChI=1S/C31H29N5O2S/c1-21-27-20-35(31(37)32-23-9-7-12-25(19-23)38-2)29(22-14-16-26(39-3)17-15-22)28-13-8-18-34(28)30(27)36(33-21)24-10-5-4-6-11-24/h4-19,29H,20H2,1-3H3,(H,32,37)/t29-/m1/s1. The number of amides is 2. The first-order chi connectivity index (χ1) is 19.1. The number of thioether (sulfide) groups is 1. The number of hydrogen-bond donors (Lipinski definition) is 1. The summed E-state index contributed by atoms with van der Waals surface area (Å²) in [7, 11) is 1.62. The molecular formula is C31H29N5O2S. The maximum Gasteiger partial charge on any atom is 0.322 e. The zero-order valence-electron chi connectivity index (χ0n) is 22.0. The third-order valence-corrected chi connectivity index (χ3v) is 7.84. The lowest BCUT2D eigenvalue weighted by molar-refractivity contribution is 0.194. The van der Waals surface area contributed by atoms with E-state index in [-0.39, 0.29) is 12.1 Å². The second-order valence-corrected chi connectivity index (χ2v) is 10.3. The molecule has 8 heteroatoms. The van der Waals surface area contributed by atoms with Crippen LogP contribution in [0.25, 0.3) is 11.5 Å². The highest BCUT2D eigenvalue weighted by Crippen LogP contribution is 2.39. The molecule has 0 saturated carbocycles. The number of urea groups is 1. The van der Waals surface area contributed by atoms with Gasteiger partial charge in [0.15, 0.2) is 0 Å². The molecular weight excluding hydrogens is 506 g/mol. The molecule has 0 unspecified atom stereocenters. The zero-order valence-corrected chi connectivity index (χ0v) is 22.9. The van der Waals surface area contributed by atoms with E-state index >= 15 is 0 Å².